The molecule has 1 rings (SSSR count). The number of amides is 1. The molecule has 0 heterocycles. The van der Waals surface area contributed by atoms with E-state index in [9.17, 15) is 9.59 Å². The third-order valence-electron chi connectivity index (χ3n) is 2.38. The van der Waals surface area contributed by atoms with Gasteiger partial charge in [-0.3, -0.25) is 4.79 Å². The maximum Gasteiger partial charge on any atom is 0.339 e. The first-order valence-electron chi connectivity index (χ1n) is 5.93. The van der Waals surface area contributed by atoms with Crippen LogP contribution in [0.15, 0.2) is 18.2 Å². The second kappa shape index (κ2) is 6.63. The van der Waals surface area contributed by atoms with Gasteiger partial charge in [0.2, 0.25) is 0 Å². The number of carbonyl (C=O) groups is 2. The molecular formula is C13H18N2O4. The highest BCUT2D eigenvalue weighted by molar-refractivity contribution is 5.93. The molecule has 104 valence electrons. The number of benzene rings is 1. The third kappa shape index (κ3) is 4.17. The van der Waals surface area contributed by atoms with Crippen molar-refractivity contribution in [3.63, 3.8) is 0 Å². The molecule has 1 atom stereocenters. The van der Waals surface area contributed by atoms with Crippen LogP contribution in [-0.2, 0) is 9.53 Å². The predicted molar refractivity (Wildman–Crippen MR) is 71.0 cm³/mol. The number of carbonyl (C=O) groups excluding carboxylic acids is 2. The van der Waals surface area contributed by atoms with Gasteiger partial charge in [0, 0.05) is 18.8 Å². The number of rotatable bonds is 5. The van der Waals surface area contributed by atoms with E-state index in [1.165, 1.54) is 26.1 Å². The summed E-state index contributed by atoms with van der Waals surface area (Å²) in [6.07, 6.45) is -0.866. The zero-order valence-corrected chi connectivity index (χ0v) is 11.2. The Morgan fingerprint density at radius 2 is 2.05 bits per heavy atom. The first-order valence-corrected chi connectivity index (χ1v) is 5.93. The van der Waals surface area contributed by atoms with E-state index in [1.54, 1.807) is 6.07 Å². The SMILES string of the molecule is CCOc1cc(N)cc(C(=O)OC(C)C(=O)NC)c1. The number of ether oxygens (including phenoxy) is 2. The van der Waals surface area contributed by atoms with E-state index in [0.29, 0.717) is 18.0 Å². The molecule has 0 saturated carbocycles. The average Bonchev–Trinajstić information content (AvgIpc) is 2.37. The van der Waals surface area contributed by atoms with Gasteiger partial charge < -0.3 is 20.5 Å². The Morgan fingerprint density at radius 3 is 2.63 bits per heavy atom. The summed E-state index contributed by atoms with van der Waals surface area (Å²) in [5, 5.41) is 2.40. The highest BCUT2D eigenvalue weighted by Crippen LogP contribution is 2.20. The summed E-state index contributed by atoms with van der Waals surface area (Å²) in [4.78, 5) is 23.1. The van der Waals surface area contributed by atoms with E-state index in [0.717, 1.165) is 0 Å². The molecule has 0 bridgehead atoms. The molecule has 1 aromatic carbocycles. The van der Waals surface area contributed by atoms with Crippen LogP contribution in [0.3, 0.4) is 0 Å². The van der Waals surface area contributed by atoms with Gasteiger partial charge in [0.05, 0.1) is 12.2 Å². The minimum Gasteiger partial charge on any atom is -0.494 e. The third-order valence-corrected chi connectivity index (χ3v) is 2.38. The van der Waals surface area contributed by atoms with E-state index < -0.39 is 12.1 Å². The molecule has 0 aliphatic heterocycles. The first kappa shape index (κ1) is 14.8. The second-order valence-corrected chi connectivity index (χ2v) is 3.89. The second-order valence-electron chi connectivity index (χ2n) is 3.89. The molecule has 0 fully saturated rings. The van der Waals surface area contributed by atoms with Gasteiger partial charge in [-0.15, -0.1) is 0 Å². The summed E-state index contributed by atoms with van der Waals surface area (Å²) in [5.74, 6) is -0.506. The molecule has 1 amide bonds. The van der Waals surface area contributed by atoms with Crippen LogP contribution in [0.2, 0.25) is 0 Å². The van der Waals surface area contributed by atoms with Gasteiger partial charge in [0.15, 0.2) is 6.10 Å². The fraction of sp³-hybridized carbons (Fsp3) is 0.385. The Kier molecular flexibility index (Phi) is 5.17. The van der Waals surface area contributed by atoms with E-state index in [2.05, 4.69) is 5.32 Å². The number of hydrogen-bond acceptors (Lipinski definition) is 5. The van der Waals surface area contributed by atoms with Crippen molar-refractivity contribution in [2.45, 2.75) is 20.0 Å². The quantitative estimate of drug-likeness (QED) is 0.612. The van der Waals surface area contributed by atoms with Crippen molar-refractivity contribution in [3.8, 4) is 5.75 Å². The van der Waals surface area contributed by atoms with Crippen molar-refractivity contribution in [3.05, 3.63) is 23.8 Å². The Morgan fingerprint density at radius 1 is 1.37 bits per heavy atom. The smallest absolute Gasteiger partial charge is 0.339 e. The van der Waals surface area contributed by atoms with E-state index in [4.69, 9.17) is 15.2 Å². The molecule has 0 aromatic heterocycles. The lowest BCUT2D eigenvalue weighted by molar-refractivity contribution is -0.128. The van der Waals surface area contributed by atoms with Crippen molar-refractivity contribution in [1.82, 2.24) is 5.32 Å². The summed E-state index contributed by atoms with van der Waals surface area (Å²) in [6, 6.07) is 4.61. The number of nitrogens with one attached hydrogen (secondary N) is 1. The van der Waals surface area contributed by atoms with Crippen LogP contribution in [0, 0.1) is 0 Å². The van der Waals surface area contributed by atoms with Crippen molar-refractivity contribution >= 4 is 17.6 Å². The lowest BCUT2D eigenvalue weighted by atomic mass is 10.2. The number of nitrogens with two attached hydrogens (primary N) is 1. The average molecular weight is 266 g/mol. The zero-order chi connectivity index (χ0) is 14.4. The van der Waals surface area contributed by atoms with Crippen LogP contribution >= 0.6 is 0 Å². The summed E-state index contributed by atoms with van der Waals surface area (Å²) in [5.41, 5.74) is 6.32. The zero-order valence-electron chi connectivity index (χ0n) is 11.2. The van der Waals surface area contributed by atoms with Gasteiger partial charge in [-0.2, -0.15) is 0 Å². The topological polar surface area (TPSA) is 90.7 Å². The lowest BCUT2D eigenvalue weighted by Crippen LogP contribution is -2.33. The molecule has 6 heteroatoms. The minimum atomic E-state index is -0.866. The largest absolute Gasteiger partial charge is 0.494 e. The first-order chi connectivity index (χ1) is 8.97. The normalized spacial score (nSPS) is 11.5. The van der Waals surface area contributed by atoms with Crippen LogP contribution in [0.25, 0.3) is 0 Å². The Balaban J connectivity index is 2.84. The molecule has 0 saturated heterocycles. The fourth-order valence-corrected chi connectivity index (χ4v) is 1.48. The van der Waals surface area contributed by atoms with E-state index in [1.807, 2.05) is 6.92 Å². The molecule has 1 aromatic rings. The minimum absolute atomic E-state index is 0.249. The van der Waals surface area contributed by atoms with Gasteiger partial charge in [0.25, 0.3) is 5.91 Å². The molecular weight excluding hydrogens is 248 g/mol. The molecule has 0 spiro atoms. The van der Waals surface area contributed by atoms with Gasteiger partial charge in [-0.25, -0.2) is 4.79 Å². The highest BCUT2D eigenvalue weighted by atomic mass is 16.5. The monoisotopic (exact) mass is 266 g/mol. The van der Waals surface area contributed by atoms with E-state index in [-0.39, 0.29) is 11.5 Å². The Bertz CT molecular complexity index is 474. The summed E-state index contributed by atoms with van der Waals surface area (Å²) < 4.78 is 10.3. The van der Waals surface area contributed by atoms with Crippen LogP contribution in [0.1, 0.15) is 24.2 Å². The Labute approximate surface area is 111 Å². The van der Waals surface area contributed by atoms with Crippen molar-refractivity contribution in [2.75, 3.05) is 19.4 Å². The van der Waals surface area contributed by atoms with Crippen LogP contribution < -0.4 is 15.8 Å². The molecule has 0 radical (unpaired) electrons. The van der Waals surface area contributed by atoms with Crippen molar-refractivity contribution in [1.29, 1.82) is 0 Å². The number of hydrogen-bond donors (Lipinski definition) is 2. The number of esters is 1. The molecule has 19 heavy (non-hydrogen) atoms. The standard InChI is InChI=1S/C13H18N2O4/c1-4-18-11-6-9(5-10(14)7-11)13(17)19-8(2)12(16)15-3/h5-8H,4,14H2,1-3H3,(H,15,16). The van der Waals surface area contributed by atoms with Crippen molar-refractivity contribution in [2.24, 2.45) is 0 Å². The summed E-state index contributed by atoms with van der Waals surface area (Å²) in [7, 11) is 1.47. The van der Waals surface area contributed by atoms with Gasteiger partial charge in [-0.05, 0) is 26.0 Å². The fourth-order valence-electron chi connectivity index (χ4n) is 1.48. The molecule has 0 aliphatic rings. The maximum absolute atomic E-state index is 11.9. The van der Waals surface area contributed by atoms with Crippen LogP contribution in [0.5, 0.6) is 5.75 Å². The van der Waals surface area contributed by atoms with Gasteiger partial charge >= 0.3 is 5.97 Å². The number of likely N-dealkylation sites (N-methyl/N-ethyl adjacent to an activating group) is 1. The molecule has 6 nitrogen and oxygen atoms in total. The maximum atomic E-state index is 11.9. The van der Waals surface area contributed by atoms with Gasteiger partial charge in [-0.1, -0.05) is 0 Å². The Hall–Kier alpha value is -2.24. The molecule has 1 unspecified atom stereocenters. The molecule has 3 N–H and O–H groups in total. The van der Waals surface area contributed by atoms with Crippen LogP contribution in [0.4, 0.5) is 5.69 Å². The number of nitrogen functional groups attached to an aromatic ring is 1. The van der Waals surface area contributed by atoms with Crippen LogP contribution in [-0.4, -0.2) is 31.6 Å². The summed E-state index contributed by atoms with van der Waals surface area (Å²) >= 11 is 0. The molecule has 0 aliphatic carbocycles. The van der Waals surface area contributed by atoms with E-state index >= 15 is 0 Å². The predicted octanol–water partition coefficient (Wildman–Crippen LogP) is 0.959. The van der Waals surface area contributed by atoms with Gasteiger partial charge in [0.1, 0.15) is 5.75 Å². The van der Waals surface area contributed by atoms with Crippen molar-refractivity contribution < 1.29 is 19.1 Å². The lowest BCUT2D eigenvalue weighted by Gasteiger charge is -2.12. The summed E-state index contributed by atoms with van der Waals surface area (Å²) in [6.45, 7) is 3.79. The number of anilines is 1. The highest BCUT2D eigenvalue weighted by Gasteiger charge is 2.18.